The van der Waals surface area contributed by atoms with Crippen LogP contribution in [-0.2, 0) is 13.1 Å². The van der Waals surface area contributed by atoms with E-state index in [0.717, 1.165) is 18.8 Å². The van der Waals surface area contributed by atoms with Gasteiger partial charge in [-0.15, -0.1) is 0 Å². The molecule has 4 heteroatoms. The van der Waals surface area contributed by atoms with E-state index in [9.17, 15) is 0 Å². The van der Waals surface area contributed by atoms with Crippen LogP contribution in [0.5, 0.6) is 0 Å². The lowest BCUT2D eigenvalue weighted by Crippen LogP contribution is -2.15. The first-order valence-corrected chi connectivity index (χ1v) is 6.56. The molecule has 1 aromatic carbocycles. The number of benzene rings is 1. The fourth-order valence-corrected chi connectivity index (χ4v) is 2.02. The second-order valence-electron chi connectivity index (χ2n) is 5.00. The molecular weight excluding hydrogens is 236 g/mol. The minimum absolute atomic E-state index is 0.698. The number of hydrogen-bond donors (Lipinski definition) is 1. The standard InChI is InChI=1S/C15H16N4/c16-7-12-1-3-13(4-2-12)9-19-10-15(18-11-19)8-17-14-5-6-14/h1-4,10-11,14,17H,5-6,8-9H2. The van der Waals surface area contributed by atoms with E-state index < -0.39 is 0 Å². The van der Waals surface area contributed by atoms with Gasteiger partial charge in [0, 0.05) is 25.3 Å². The zero-order chi connectivity index (χ0) is 13.1. The molecule has 4 nitrogen and oxygen atoms in total. The Balaban J connectivity index is 1.60. The van der Waals surface area contributed by atoms with Crippen LogP contribution in [0.15, 0.2) is 36.8 Å². The molecule has 0 aliphatic heterocycles. The van der Waals surface area contributed by atoms with Crippen molar-refractivity contribution in [2.24, 2.45) is 0 Å². The Bertz CT molecular complexity index is 587. The summed E-state index contributed by atoms with van der Waals surface area (Å²) in [4.78, 5) is 4.39. The van der Waals surface area contributed by atoms with E-state index in [0.29, 0.717) is 11.6 Å². The van der Waals surface area contributed by atoms with Gasteiger partial charge in [-0.3, -0.25) is 0 Å². The van der Waals surface area contributed by atoms with Crippen LogP contribution >= 0.6 is 0 Å². The Kier molecular flexibility index (Phi) is 3.30. The van der Waals surface area contributed by atoms with Gasteiger partial charge in [0.2, 0.25) is 0 Å². The van der Waals surface area contributed by atoms with Crippen molar-refractivity contribution in [1.29, 1.82) is 5.26 Å². The third-order valence-electron chi connectivity index (χ3n) is 3.28. The maximum atomic E-state index is 8.76. The summed E-state index contributed by atoms with van der Waals surface area (Å²) in [6.45, 7) is 1.65. The number of aromatic nitrogens is 2. The molecule has 0 bridgehead atoms. The molecule has 0 radical (unpaired) electrons. The second-order valence-corrected chi connectivity index (χ2v) is 5.00. The molecular formula is C15H16N4. The lowest BCUT2D eigenvalue weighted by molar-refractivity contribution is 0.676. The monoisotopic (exact) mass is 252 g/mol. The van der Waals surface area contributed by atoms with Crippen LogP contribution in [0.25, 0.3) is 0 Å². The minimum Gasteiger partial charge on any atom is -0.333 e. The Labute approximate surface area is 112 Å². The SMILES string of the molecule is N#Cc1ccc(Cn2cnc(CNC3CC3)c2)cc1. The number of hydrogen-bond acceptors (Lipinski definition) is 3. The number of nitrogens with one attached hydrogen (secondary N) is 1. The van der Waals surface area contributed by atoms with Gasteiger partial charge in [-0.1, -0.05) is 12.1 Å². The van der Waals surface area contributed by atoms with Crippen LogP contribution < -0.4 is 5.32 Å². The largest absolute Gasteiger partial charge is 0.333 e. The average molecular weight is 252 g/mol. The smallest absolute Gasteiger partial charge is 0.0991 e. The Morgan fingerprint density at radius 2 is 2.11 bits per heavy atom. The fourth-order valence-electron chi connectivity index (χ4n) is 2.02. The van der Waals surface area contributed by atoms with Crippen molar-refractivity contribution in [1.82, 2.24) is 14.9 Å². The van der Waals surface area contributed by atoms with E-state index in [4.69, 9.17) is 5.26 Å². The van der Waals surface area contributed by atoms with Gasteiger partial charge in [0.15, 0.2) is 0 Å². The molecule has 19 heavy (non-hydrogen) atoms. The van der Waals surface area contributed by atoms with Gasteiger partial charge >= 0.3 is 0 Å². The Hall–Kier alpha value is -2.12. The molecule has 2 aromatic rings. The quantitative estimate of drug-likeness (QED) is 0.886. The van der Waals surface area contributed by atoms with Gasteiger partial charge in [-0.25, -0.2) is 4.98 Å². The molecule has 0 unspecified atom stereocenters. The molecule has 1 heterocycles. The van der Waals surface area contributed by atoms with Crippen LogP contribution in [-0.4, -0.2) is 15.6 Å². The number of imidazole rings is 1. The van der Waals surface area contributed by atoms with E-state index in [1.807, 2.05) is 30.6 Å². The van der Waals surface area contributed by atoms with Gasteiger partial charge in [-0.2, -0.15) is 5.26 Å². The Morgan fingerprint density at radius 1 is 1.32 bits per heavy atom. The van der Waals surface area contributed by atoms with Crippen LogP contribution in [0.1, 0.15) is 29.7 Å². The minimum atomic E-state index is 0.698. The van der Waals surface area contributed by atoms with E-state index in [1.165, 1.54) is 18.4 Å². The number of nitrogens with zero attached hydrogens (tertiary/aromatic N) is 3. The molecule has 0 atom stereocenters. The third kappa shape index (κ3) is 3.21. The summed E-state index contributed by atoms with van der Waals surface area (Å²) in [6, 6.07) is 10.5. The molecule has 96 valence electrons. The Morgan fingerprint density at radius 3 is 2.79 bits per heavy atom. The molecule has 1 N–H and O–H groups in total. The lowest BCUT2D eigenvalue weighted by Gasteiger charge is -2.02. The summed E-state index contributed by atoms with van der Waals surface area (Å²) in [7, 11) is 0. The summed E-state index contributed by atoms with van der Waals surface area (Å²) < 4.78 is 2.07. The van der Waals surface area contributed by atoms with Gasteiger partial charge < -0.3 is 9.88 Å². The van der Waals surface area contributed by atoms with Crippen LogP contribution in [0, 0.1) is 11.3 Å². The maximum Gasteiger partial charge on any atom is 0.0991 e. The molecule has 1 aliphatic rings. The summed E-state index contributed by atoms with van der Waals surface area (Å²) >= 11 is 0. The zero-order valence-electron chi connectivity index (χ0n) is 10.7. The molecule has 1 saturated carbocycles. The predicted octanol–water partition coefficient (Wildman–Crippen LogP) is 2.06. The maximum absolute atomic E-state index is 8.76. The van der Waals surface area contributed by atoms with Crippen molar-refractivity contribution in [3.05, 3.63) is 53.6 Å². The van der Waals surface area contributed by atoms with Crippen molar-refractivity contribution >= 4 is 0 Å². The van der Waals surface area contributed by atoms with Gasteiger partial charge in [-0.05, 0) is 30.5 Å². The molecule has 3 rings (SSSR count). The first-order valence-electron chi connectivity index (χ1n) is 6.56. The van der Waals surface area contributed by atoms with Crippen molar-refractivity contribution in [2.75, 3.05) is 0 Å². The second kappa shape index (κ2) is 5.25. The van der Waals surface area contributed by atoms with Crippen LogP contribution in [0.3, 0.4) is 0 Å². The van der Waals surface area contributed by atoms with Crippen molar-refractivity contribution in [3.8, 4) is 6.07 Å². The topological polar surface area (TPSA) is 53.6 Å². The molecule has 1 fully saturated rings. The zero-order valence-corrected chi connectivity index (χ0v) is 10.7. The summed E-state index contributed by atoms with van der Waals surface area (Å²) in [5.74, 6) is 0. The number of rotatable bonds is 5. The van der Waals surface area contributed by atoms with Gasteiger partial charge in [0.05, 0.1) is 23.7 Å². The highest BCUT2D eigenvalue weighted by Crippen LogP contribution is 2.19. The molecule has 0 saturated heterocycles. The lowest BCUT2D eigenvalue weighted by atomic mass is 10.1. The highest BCUT2D eigenvalue weighted by Gasteiger charge is 2.20. The van der Waals surface area contributed by atoms with E-state index in [-0.39, 0.29) is 0 Å². The van der Waals surface area contributed by atoms with Crippen molar-refractivity contribution < 1.29 is 0 Å². The van der Waals surface area contributed by atoms with E-state index >= 15 is 0 Å². The molecule has 1 aromatic heterocycles. The first kappa shape index (κ1) is 11.9. The summed E-state index contributed by atoms with van der Waals surface area (Å²) in [5.41, 5.74) is 2.96. The number of nitriles is 1. The van der Waals surface area contributed by atoms with E-state index in [1.54, 1.807) is 0 Å². The van der Waals surface area contributed by atoms with Crippen molar-refractivity contribution in [3.63, 3.8) is 0 Å². The highest BCUT2D eigenvalue weighted by atomic mass is 15.1. The molecule has 0 amide bonds. The van der Waals surface area contributed by atoms with Gasteiger partial charge in [0.1, 0.15) is 0 Å². The fraction of sp³-hybridized carbons (Fsp3) is 0.333. The highest BCUT2D eigenvalue weighted by molar-refractivity contribution is 5.31. The van der Waals surface area contributed by atoms with Crippen LogP contribution in [0.4, 0.5) is 0 Å². The van der Waals surface area contributed by atoms with E-state index in [2.05, 4.69) is 27.1 Å². The predicted molar refractivity (Wildman–Crippen MR) is 72.3 cm³/mol. The third-order valence-corrected chi connectivity index (χ3v) is 3.28. The molecule has 1 aliphatic carbocycles. The van der Waals surface area contributed by atoms with Crippen molar-refractivity contribution in [2.45, 2.75) is 32.0 Å². The average Bonchev–Trinajstić information content (AvgIpc) is 3.17. The summed E-state index contributed by atoms with van der Waals surface area (Å²) in [5, 5.41) is 12.2. The normalized spacial score (nSPS) is 14.3. The summed E-state index contributed by atoms with van der Waals surface area (Å²) in [6.07, 6.45) is 6.54. The first-order chi connectivity index (χ1) is 9.33. The van der Waals surface area contributed by atoms with Gasteiger partial charge in [0.25, 0.3) is 0 Å². The van der Waals surface area contributed by atoms with Crippen LogP contribution in [0.2, 0.25) is 0 Å². The molecule has 0 spiro atoms.